The average molecular weight is 248 g/mol. The van der Waals surface area contributed by atoms with Gasteiger partial charge in [0.2, 0.25) is 5.91 Å². The molecule has 0 fully saturated rings. The van der Waals surface area contributed by atoms with Gasteiger partial charge in [0.25, 0.3) is 0 Å². The van der Waals surface area contributed by atoms with Gasteiger partial charge in [-0.25, -0.2) is 0 Å². The van der Waals surface area contributed by atoms with E-state index in [-0.39, 0.29) is 5.91 Å². The van der Waals surface area contributed by atoms with E-state index in [1.807, 2.05) is 39.1 Å². The number of nitrogens with one attached hydrogen (secondary N) is 1. The SMILES string of the molecule is CC[C@@H](C)N(C)CC(=O)Nc1c(C)cccc1C. The summed E-state index contributed by atoms with van der Waals surface area (Å²) in [6, 6.07) is 6.46. The summed E-state index contributed by atoms with van der Waals surface area (Å²) in [5, 5.41) is 3.01. The van der Waals surface area contributed by atoms with Gasteiger partial charge in [0.05, 0.1) is 6.54 Å². The molecule has 0 unspecified atom stereocenters. The van der Waals surface area contributed by atoms with Crippen LogP contribution in [-0.4, -0.2) is 30.4 Å². The Hall–Kier alpha value is -1.35. The number of hydrogen-bond donors (Lipinski definition) is 1. The van der Waals surface area contributed by atoms with E-state index in [9.17, 15) is 4.79 Å². The predicted molar refractivity (Wildman–Crippen MR) is 76.9 cm³/mol. The summed E-state index contributed by atoms with van der Waals surface area (Å²) in [5.41, 5.74) is 3.16. The Morgan fingerprint density at radius 1 is 1.33 bits per heavy atom. The third-order valence-corrected chi connectivity index (χ3v) is 3.48. The number of amides is 1. The molecule has 1 atom stereocenters. The molecule has 3 heteroatoms. The van der Waals surface area contributed by atoms with Gasteiger partial charge in [0.1, 0.15) is 0 Å². The molecule has 1 N–H and O–H groups in total. The van der Waals surface area contributed by atoms with Gasteiger partial charge in [-0.2, -0.15) is 0 Å². The van der Waals surface area contributed by atoms with E-state index in [4.69, 9.17) is 0 Å². The monoisotopic (exact) mass is 248 g/mol. The summed E-state index contributed by atoms with van der Waals surface area (Å²) in [4.78, 5) is 14.1. The van der Waals surface area contributed by atoms with Crippen molar-refractivity contribution in [3.05, 3.63) is 29.3 Å². The molecule has 0 bridgehead atoms. The minimum Gasteiger partial charge on any atom is -0.324 e. The fraction of sp³-hybridized carbons (Fsp3) is 0.533. The second-order valence-electron chi connectivity index (χ2n) is 4.99. The minimum atomic E-state index is 0.0511. The van der Waals surface area contributed by atoms with E-state index in [1.165, 1.54) is 0 Å². The summed E-state index contributed by atoms with van der Waals surface area (Å²) in [7, 11) is 1.98. The molecule has 3 nitrogen and oxygen atoms in total. The van der Waals surface area contributed by atoms with Crippen molar-refractivity contribution in [1.82, 2.24) is 4.90 Å². The molecule has 0 spiro atoms. The van der Waals surface area contributed by atoms with E-state index >= 15 is 0 Å². The first-order valence-corrected chi connectivity index (χ1v) is 6.52. The molecule has 0 aliphatic heterocycles. The highest BCUT2D eigenvalue weighted by atomic mass is 16.2. The lowest BCUT2D eigenvalue weighted by Crippen LogP contribution is -2.36. The van der Waals surface area contributed by atoms with Crippen LogP contribution in [0.25, 0.3) is 0 Å². The molecule has 0 aromatic heterocycles. The fourth-order valence-electron chi connectivity index (χ4n) is 1.88. The zero-order valence-electron chi connectivity index (χ0n) is 12.1. The fourth-order valence-corrected chi connectivity index (χ4v) is 1.88. The molecule has 0 saturated heterocycles. The van der Waals surface area contributed by atoms with Crippen LogP contribution in [0.15, 0.2) is 18.2 Å². The molecular weight excluding hydrogens is 224 g/mol. The Labute approximate surface area is 110 Å². The lowest BCUT2D eigenvalue weighted by atomic mass is 10.1. The lowest BCUT2D eigenvalue weighted by molar-refractivity contribution is -0.117. The van der Waals surface area contributed by atoms with Crippen LogP contribution in [0, 0.1) is 13.8 Å². The van der Waals surface area contributed by atoms with Crippen molar-refractivity contribution >= 4 is 11.6 Å². The molecule has 100 valence electrons. The number of carbonyl (C=O) groups excluding carboxylic acids is 1. The molecule has 1 rings (SSSR count). The zero-order chi connectivity index (χ0) is 13.7. The first kappa shape index (κ1) is 14.7. The Kier molecular flexibility index (Phi) is 5.35. The number of hydrogen-bond acceptors (Lipinski definition) is 2. The summed E-state index contributed by atoms with van der Waals surface area (Å²) in [6.07, 6.45) is 1.05. The van der Waals surface area contributed by atoms with Crippen LogP contribution in [0.5, 0.6) is 0 Å². The van der Waals surface area contributed by atoms with Crippen molar-refractivity contribution in [3.63, 3.8) is 0 Å². The normalized spacial score (nSPS) is 12.6. The molecule has 0 radical (unpaired) electrons. The van der Waals surface area contributed by atoms with Crippen molar-refractivity contribution in [1.29, 1.82) is 0 Å². The number of carbonyl (C=O) groups is 1. The standard InChI is InChI=1S/C15H24N2O/c1-6-13(4)17(5)10-14(18)16-15-11(2)8-7-9-12(15)3/h7-9,13H,6,10H2,1-5H3,(H,16,18)/t13-/m1/s1. The minimum absolute atomic E-state index is 0.0511. The van der Waals surface area contributed by atoms with Crippen LogP contribution in [-0.2, 0) is 4.79 Å². The summed E-state index contributed by atoms with van der Waals surface area (Å²) >= 11 is 0. The maximum atomic E-state index is 12.0. The highest BCUT2D eigenvalue weighted by molar-refractivity contribution is 5.93. The van der Waals surface area contributed by atoms with Gasteiger partial charge < -0.3 is 5.32 Å². The highest BCUT2D eigenvalue weighted by Crippen LogP contribution is 2.19. The van der Waals surface area contributed by atoms with Gasteiger partial charge in [-0.1, -0.05) is 25.1 Å². The Morgan fingerprint density at radius 2 is 1.89 bits per heavy atom. The highest BCUT2D eigenvalue weighted by Gasteiger charge is 2.13. The molecule has 18 heavy (non-hydrogen) atoms. The van der Waals surface area contributed by atoms with E-state index in [2.05, 4.69) is 24.1 Å². The number of anilines is 1. The summed E-state index contributed by atoms with van der Waals surface area (Å²) in [5.74, 6) is 0.0511. The Bertz CT molecular complexity index is 395. The Morgan fingerprint density at radius 3 is 2.39 bits per heavy atom. The number of nitrogens with zero attached hydrogens (tertiary/aromatic N) is 1. The molecule has 1 aromatic rings. The van der Waals surface area contributed by atoms with Crippen molar-refractivity contribution in [2.75, 3.05) is 18.9 Å². The number of aryl methyl sites for hydroxylation is 2. The van der Waals surface area contributed by atoms with Gasteiger partial charge >= 0.3 is 0 Å². The van der Waals surface area contributed by atoms with Crippen molar-refractivity contribution in [2.24, 2.45) is 0 Å². The van der Waals surface area contributed by atoms with Crippen LogP contribution < -0.4 is 5.32 Å². The Balaban J connectivity index is 2.65. The van der Waals surface area contributed by atoms with Crippen molar-refractivity contribution < 1.29 is 4.79 Å². The van der Waals surface area contributed by atoms with E-state index in [1.54, 1.807) is 0 Å². The van der Waals surface area contributed by atoms with Gasteiger partial charge in [-0.3, -0.25) is 9.69 Å². The maximum Gasteiger partial charge on any atom is 0.238 e. The third kappa shape index (κ3) is 3.84. The van der Waals surface area contributed by atoms with Gasteiger partial charge in [-0.15, -0.1) is 0 Å². The number of rotatable bonds is 5. The van der Waals surface area contributed by atoms with E-state index in [0.29, 0.717) is 12.6 Å². The van der Waals surface area contributed by atoms with Crippen LogP contribution in [0.4, 0.5) is 5.69 Å². The molecule has 0 heterocycles. The van der Waals surface area contributed by atoms with Gasteiger partial charge in [0, 0.05) is 11.7 Å². The molecule has 0 aliphatic carbocycles. The third-order valence-electron chi connectivity index (χ3n) is 3.48. The number of para-hydroxylation sites is 1. The van der Waals surface area contributed by atoms with Crippen LogP contribution in [0.3, 0.4) is 0 Å². The quantitative estimate of drug-likeness (QED) is 0.869. The molecular formula is C15H24N2O. The van der Waals surface area contributed by atoms with Crippen LogP contribution in [0.1, 0.15) is 31.4 Å². The first-order chi connectivity index (χ1) is 8.45. The van der Waals surface area contributed by atoms with Gasteiger partial charge in [-0.05, 0) is 45.4 Å². The smallest absolute Gasteiger partial charge is 0.238 e. The van der Waals surface area contributed by atoms with E-state index < -0.39 is 0 Å². The topological polar surface area (TPSA) is 32.3 Å². The predicted octanol–water partition coefficient (Wildman–Crippen LogP) is 2.97. The van der Waals surface area contributed by atoms with Crippen molar-refractivity contribution in [2.45, 2.75) is 40.2 Å². The number of benzene rings is 1. The molecule has 0 aliphatic rings. The second kappa shape index (κ2) is 6.55. The number of likely N-dealkylation sites (N-methyl/N-ethyl adjacent to an activating group) is 1. The van der Waals surface area contributed by atoms with E-state index in [0.717, 1.165) is 23.2 Å². The largest absolute Gasteiger partial charge is 0.324 e. The first-order valence-electron chi connectivity index (χ1n) is 6.52. The van der Waals surface area contributed by atoms with Crippen LogP contribution in [0.2, 0.25) is 0 Å². The van der Waals surface area contributed by atoms with Crippen molar-refractivity contribution in [3.8, 4) is 0 Å². The van der Waals surface area contributed by atoms with Gasteiger partial charge in [0.15, 0.2) is 0 Å². The molecule has 1 aromatic carbocycles. The summed E-state index contributed by atoms with van der Waals surface area (Å²) in [6.45, 7) is 8.72. The average Bonchev–Trinajstić information content (AvgIpc) is 2.32. The second-order valence-corrected chi connectivity index (χ2v) is 4.99. The summed E-state index contributed by atoms with van der Waals surface area (Å²) < 4.78 is 0. The molecule has 1 amide bonds. The maximum absolute atomic E-state index is 12.0. The lowest BCUT2D eigenvalue weighted by Gasteiger charge is -2.23. The zero-order valence-corrected chi connectivity index (χ0v) is 12.1. The molecule has 0 saturated carbocycles. The van der Waals surface area contributed by atoms with Crippen LogP contribution >= 0.6 is 0 Å².